The summed E-state index contributed by atoms with van der Waals surface area (Å²) < 4.78 is 5.54. The van der Waals surface area contributed by atoms with Crippen molar-refractivity contribution in [2.24, 2.45) is 11.7 Å². The highest BCUT2D eigenvalue weighted by atomic mass is 32.1. The number of anilines is 1. The monoisotopic (exact) mass is 265 g/mol. The van der Waals surface area contributed by atoms with Crippen LogP contribution in [-0.2, 0) is 4.74 Å². The van der Waals surface area contributed by atoms with Crippen LogP contribution < -0.4 is 11.1 Å². The number of thiocarbonyl (C=S) groups is 1. The quantitative estimate of drug-likeness (QED) is 0.814. The van der Waals surface area contributed by atoms with Crippen LogP contribution in [0.5, 0.6) is 0 Å². The van der Waals surface area contributed by atoms with Gasteiger partial charge in [-0.25, -0.2) is 4.98 Å². The Bertz CT molecular complexity index is 450. The molecule has 0 aromatic carbocycles. The average molecular weight is 265 g/mol. The lowest BCUT2D eigenvalue weighted by Gasteiger charge is -2.17. The van der Waals surface area contributed by atoms with Crippen molar-refractivity contribution in [1.82, 2.24) is 4.98 Å². The van der Waals surface area contributed by atoms with Crippen molar-refractivity contribution in [3.8, 4) is 0 Å². The number of nitrogens with two attached hydrogens (primary N) is 1. The molecule has 4 nitrogen and oxygen atoms in total. The van der Waals surface area contributed by atoms with Crippen LogP contribution in [0.25, 0.3) is 0 Å². The second-order valence-electron chi connectivity index (χ2n) is 4.72. The Morgan fingerprint density at radius 2 is 2.39 bits per heavy atom. The van der Waals surface area contributed by atoms with E-state index in [1.54, 1.807) is 0 Å². The molecule has 2 heterocycles. The smallest absolute Gasteiger partial charge is 0.136 e. The van der Waals surface area contributed by atoms with Crippen LogP contribution in [-0.4, -0.2) is 29.2 Å². The van der Waals surface area contributed by atoms with E-state index in [4.69, 9.17) is 22.7 Å². The summed E-state index contributed by atoms with van der Waals surface area (Å²) in [6.45, 7) is 5.75. The van der Waals surface area contributed by atoms with Gasteiger partial charge in [-0.2, -0.15) is 0 Å². The van der Waals surface area contributed by atoms with Crippen LogP contribution in [0.2, 0.25) is 0 Å². The Balaban J connectivity index is 2.08. The zero-order valence-corrected chi connectivity index (χ0v) is 11.6. The van der Waals surface area contributed by atoms with Gasteiger partial charge in [0.15, 0.2) is 0 Å². The molecule has 2 rings (SSSR count). The Morgan fingerprint density at radius 1 is 1.61 bits per heavy atom. The van der Waals surface area contributed by atoms with Crippen molar-refractivity contribution in [1.29, 1.82) is 0 Å². The van der Waals surface area contributed by atoms with Crippen molar-refractivity contribution >= 4 is 23.0 Å². The highest BCUT2D eigenvalue weighted by molar-refractivity contribution is 7.80. The lowest BCUT2D eigenvalue weighted by molar-refractivity contribution is 0.108. The maximum absolute atomic E-state index is 5.70. The topological polar surface area (TPSA) is 60.2 Å². The van der Waals surface area contributed by atoms with Gasteiger partial charge in [0.25, 0.3) is 0 Å². The first-order valence-electron chi connectivity index (χ1n) is 6.21. The van der Waals surface area contributed by atoms with Crippen LogP contribution in [0.4, 0.5) is 5.82 Å². The Hall–Kier alpha value is -1.20. The van der Waals surface area contributed by atoms with E-state index in [2.05, 4.69) is 17.2 Å². The predicted octanol–water partition coefficient (Wildman–Crippen LogP) is 1.86. The van der Waals surface area contributed by atoms with Crippen molar-refractivity contribution in [2.75, 3.05) is 18.5 Å². The minimum atomic E-state index is 0.301. The Morgan fingerprint density at radius 3 is 3.00 bits per heavy atom. The summed E-state index contributed by atoms with van der Waals surface area (Å²) in [6, 6.07) is 3.84. The fourth-order valence-corrected chi connectivity index (χ4v) is 2.33. The molecule has 98 valence electrons. The molecular weight excluding hydrogens is 246 g/mol. The van der Waals surface area contributed by atoms with Gasteiger partial charge >= 0.3 is 0 Å². The maximum Gasteiger partial charge on any atom is 0.136 e. The third-order valence-corrected chi connectivity index (χ3v) is 3.58. The molecule has 18 heavy (non-hydrogen) atoms. The van der Waals surface area contributed by atoms with E-state index in [9.17, 15) is 0 Å². The first-order valence-corrected chi connectivity index (χ1v) is 6.61. The van der Waals surface area contributed by atoms with Crippen molar-refractivity contribution in [3.05, 3.63) is 23.4 Å². The number of nitrogens with one attached hydrogen (secondary N) is 1. The summed E-state index contributed by atoms with van der Waals surface area (Å²) in [5.41, 5.74) is 7.46. The molecule has 0 aliphatic carbocycles. The second-order valence-corrected chi connectivity index (χ2v) is 5.16. The van der Waals surface area contributed by atoms with Crippen molar-refractivity contribution in [2.45, 2.75) is 26.4 Å². The fraction of sp³-hybridized carbons (Fsp3) is 0.538. The maximum atomic E-state index is 5.70. The molecule has 0 radical (unpaired) electrons. The summed E-state index contributed by atoms with van der Waals surface area (Å²) in [6.07, 6.45) is 1.39. The van der Waals surface area contributed by atoms with Crippen LogP contribution in [0, 0.1) is 12.8 Å². The van der Waals surface area contributed by atoms with Gasteiger partial charge in [0.2, 0.25) is 0 Å². The summed E-state index contributed by atoms with van der Waals surface area (Å²) in [7, 11) is 0. The number of aromatic nitrogens is 1. The van der Waals surface area contributed by atoms with Gasteiger partial charge in [0, 0.05) is 24.8 Å². The molecule has 5 heteroatoms. The van der Waals surface area contributed by atoms with Gasteiger partial charge in [0.05, 0.1) is 11.7 Å². The minimum absolute atomic E-state index is 0.301. The summed E-state index contributed by atoms with van der Waals surface area (Å²) in [5.74, 6) is 1.30. The van der Waals surface area contributed by atoms with Gasteiger partial charge in [-0.15, -0.1) is 0 Å². The first kappa shape index (κ1) is 13.2. The summed E-state index contributed by atoms with van der Waals surface area (Å²) >= 11 is 5.04. The van der Waals surface area contributed by atoms with E-state index in [-0.39, 0.29) is 0 Å². The van der Waals surface area contributed by atoms with Gasteiger partial charge in [0.1, 0.15) is 10.8 Å². The van der Waals surface area contributed by atoms with E-state index < -0.39 is 0 Å². The number of ether oxygens (including phenoxy) is 1. The molecule has 0 amide bonds. The van der Waals surface area contributed by atoms with Crippen molar-refractivity contribution < 1.29 is 4.74 Å². The SMILES string of the molecule is Cc1ccc(C(N)=S)c(NCC2CCOC2C)n1. The molecule has 2 atom stereocenters. The molecular formula is C13H19N3OS. The third-order valence-electron chi connectivity index (χ3n) is 3.36. The Labute approximate surface area is 113 Å². The number of aryl methyl sites for hydroxylation is 1. The normalized spacial score (nSPS) is 23.0. The molecule has 0 saturated carbocycles. The zero-order chi connectivity index (χ0) is 13.1. The van der Waals surface area contributed by atoms with Crippen molar-refractivity contribution in [3.63, 3.8) is 0 Å². The highest BCUT2D eigenvalue weighted by Gasteiger charge is 2.24. The molecule has 1 saturated heterocycles. The largest absolute Gasteiger partial charge is 0.389 e. The third kappa shape index (κ3) is 2.97. The number of hydrogen-bond acceptors (Lipinski definition) is 4. The van der Waals surface area contributed by atoms with E-state index >= 15 is 0 Å². The molecule has 1 aliphatic heterocycles. The van der Waals surface area contributed by atoms with Crippen LogP contribution >= 0.6 is 12.2 Å². The number of hydrogen-bond donors (Lipinski definition) is 2. The lowest BCUT2D eigenvalue weighted by atomic mass is 10.0. The predicted molar refractivity (Wildman–Crippen MR) is 76.9 cm³/mol. The molecule has 1 aromatic rings. The van der Waals surface area contributed by atoms with E-state index in [1.165, 1.54) is 0 Å². The fourth-order valence-electron chi connectivity index (χ4n) is 2.16. The summed E-state index contributed by atoms with van der Waals surface area (Å²) in [4.78, 5) is 4.84. The summed E-state index contributed by atoms with van der Waals surface area (Å²) in [5, 5.41) is 3.35. The molecule has 0 spiro atoms. The van der Waals surface area contributed by atoms with E-state index in [0.29, 0.717) is 17.0 Å². The molecule has 0 bridgehead atoms. The van der Waals surface area contributed by atoms with Gasteiger partial charge in [-0.05, 0) is 32.4 Å². The van der Waals surface area contributed by atoms with Crippen LogP contribution in [0.1, 0.15) is 24.6 Å². The van der Waals surface area contributed by atoms with Gasteiger partial charge in [-0.1, -0.05) is 12.2 Å². The second kappa shape index (κ2) is 5.63. The van der Waals surface area contributed by atoms with E-state index in [1.807, 2.05) is 19.1 Å². The number of pyridine rings is 1. The van der Waals surface area contributed by atoms with E-state index in [0.717, 1.165) is 36.6 Å². The molecule has 2 unspecified atom stereocenters. The zero-order valence-electron chi connectivity index (χ0n) is 10.8. The molecule has 1 aromatic heterocycles. The van der Waals surface area contributed by atoms with Crippen LogP contribution in [0.3, 0.4) is 0 Å². The number of nitrogens with zero attached hydrogens (tertiary/aromatic N) is 1. The molecule has 1 fully saturated rings. The molecule has 3 N–H and O–H groups in total. The van der Waals surface area contributed by atoms with Crippen LogP contribution in [0.15, 0.2) is 12.1 Å². The number of rotatable bonds is 4. The van der Waals surface area contributed by atoms with Gasteiger partial charge < -0.3 is 15.8 Å². The van der Waals surface area contributed by atoms with Gasteiger partial charge in [-0.3, -0.25) is 0 Å². The highest BCUT2D eigenvalue weighted by Crippen LogP contribution is 2.21. The average Bonchev–Trinajstić information content (AvgIpc) is 2.72. The Kier molecular flexibility index (Phi) is 4.14. The first-order chi connectivity index (χ1) is 8.58. The molecule has 1 aliphatic rings. The minimum Gasteiger partial charge on any atom is -0.389 e. The standard InChI is InChI=1S/C13H19N3OS/c1-8-3-4-11(12(14)18)13(16-8)15-7-10-5-6-17-9(10)2/h3-4,9-10H,5-7H2,1-2H3,(H2,14,18)(H,15,16). The lowest BCUT2D eigenvalue weighted by Crippen LogP contribution is -2.23.